The molecule has 1 aromatic heterocycles. The van der Waals surface area contributed by atoms with E-state index >= 15 is 0 Å². The fourth-order valence-corrected chi connectivity index (χ4v) is 2.30. The summed E-state index contributed by atoms with van der Waals surface area (Å²) in [6.07, 6.45) is 0.0648. The van der Waals surface area contributed by atoms with Gasteiger partial charge in [0.05, 0.1) is 6.10 Å². The highest BCUT2D eigenvalue weighted by Gasteiger charge is 2.12. The normalized spacial score (nSPS) is 13.3. The SMILES string of the molecule is COC(CN)c1cc(C)sc1C. The zero-order valence-corrected chi connectivity index (χ0v) is 8.57. The summed E-state index contributed by atoms with van der Waals surface area (Å²) < 4.78 is 5.26. The molecule has 0 aromatic carbocycles. The van der Waals surface area contributed by atoms with Crippen molar-refractivity contribution in [2.45, 2.75) is 20.0 Å². The number of nitrogens with two attached hydrogens (primary N) is 1. The minimum Gasteiger partial charge on any atom is -0.375 e. The molecule has 0 aliphatic rings. The largest absolute Gasteiger partial charge is 0.375 e. The number of hydrogen-bond acceptors (Lipinski definition) is 3. The van der Waals surface area contributed by atoms with Crippen LogP contribution in [0.3, 0.4) is 0 Å². The molecule has 1 rings (SSSR count). The van der Waals surface area contributed by atoms with E-state index in [1.165, 1.54) is 15.3 Å². The fourth-order valence-electron chi connectivity index (χ4n) is 1.32. The molecule has 0 saturated carbocycles. The van der Waals surface area contributed by atoms with Gasteiger partial charge in [0, 0.05) is 23.4 Å². The summed E-state index contributed by atoms with van der Waals surface area (Å²) in [6.45, 7) is 4.76. The lowest BCUT2D eigenvalue weighted by atomic mass is 10.1. The molecule has 0 aliphatic carbocycles. The summed E-state index contributed by atoms with van der Waals surface area (Å²) >= 11 is 1.79. The molecular formula is C9H15NOS. The second-order valence-corrected chi connectivity index (χ2v) is 4.29. The second kappa shape index (κ2) is 4.03. The molecule has 2 nitrogen and oxygen atoms in total. The van der Waals surface area contributed by atoms with Crippen LogP contribution in [-0.2, 0) is 4.74 Å². The van der Waals surface area contributed by atoms with Gasteiger partial charge in [-0.25, -0.2) is 0 Å². The average molecular weight is 185 g/mol. The molecule has 0 amide bonds. The predicted molar refractivity (Wildman–Crippen MR) is 52.6 cm³/mol. The van der Waals surface area contributed by atoms with Gasteiger partial charge >= 0.3 is 0 Å². The van der Waals surface area contributed by atoms with Gasteiger partial charge in [-0.1, -0.05) is 0 Å². The van der Waals surface area contributed by atoms with Crippen molar-refractivity contribution < 1.29 is 4.74 Å². The molecule has 0 spiro atoms. The van der Waals surface area contributed by atoms with Crippen molar-refractivity contribution in [3.05, 3.63) is 21.4 Å². The molecule has 12 heavy (non-hydrogen) atoms. The summed E-state index contributed by atoms with van der Waals surface area (Å²) in [4.78, 5) is 2.63. The molecular weight excluding hydrogens is 170 g/mol. The molecule has 2 N–H and O–H groups in total. The van der Waals surface area contributed by atoms with Crippen LogP contribution >= 0.6 is 11.3 Å². The zero-order chi connectivity index (χ0) is 9.14. The van der Waals surface area contributed by atoms with Crippen LogP contribution < -0.4 is 5.73 Å². The van der Waals surface area contributed by atoms with Gasteiger partial charge in [0.15, 0.2) is 0 Å². The van der Waals surface area contributed by atoms with Crippen LogP contribution in [-0.4, -0.2) is 13.7 Å². The molecule has 3 heteroatoms. The average Bonchev–Trinajstić information content (AvgIpc) is 2.34. The molecule has 1 unspecified atom stereocenters. The smallest absolute Gasteiger partial charge is 0.0953 e. The van der Waals surface area contributed by atoms with Crippen molar-refractivity contribution in [2.75, 3.05) is 13.7 Å². The third kappa shape index (κ3) is 1.86. The van der Waals surface area contributed by atoms with Crippen LogP contribution in [0.2, 0.25) is 0 Å². The van der Waals surface area contributed by atoms with Gasteiger partial charge in [-0.15, -0.1) is 11.3 Å². The minimum absolute atomic E-state index is 0.0648. The molecule has 0 fully saturated rings. The first-order valence-electron chi connectivity index (χ1n) is 3.98. The molecule has 1 atom stereocenters. The van der Waals surface area contributed by atoms with Crippen LogP contribution in [0.25, 0.3) is 0 Å². The van der Waals surface area contributed by atoms with Gasteiger partial charge in [-0.2, -0.15) is 0 Å². The number of hydrogen-bond donors (Lipinski definition) is 1. The fraction of sp³-hybridized carbons (Fsp3) is 0.556. The summed E-state index contributed by atoms with van der Waals surface area (Å²) in [5.74, 6) is 0. The highest BCUT2D eigenvalue weighted by atomic mass is 32.1. The van der Waals surface area contributed by atoms with Crippen molar-refractivity contribution in [3.63, 3.8) is 0 Å². The lowest BCUT2D eigenvalue weighted by molar-refractivity contribution is 0.110. The summed E-state index contributed by atoms with van der Waals surface area (Å²) in [7, 11) is 1.70. The van der Waals surface area contributed by atoms with Crippen LogP contribution in [0.5, 0.6) is 0 Å². The Bertz CT molecular complexity index is 253. The maximum atomic E-state index is 5.57. The van der Waals surface area contributed by atoms with Crippen LogP contribution in [0.4, 0.5) is 0 Å². The number of methoxy groups -OCH3 is 1. The van der Waals surface area contributed by atoms with Gasteiger partial charge < -0.3 is 10.5 Å². The van der Waals surface area contributed by atoms with Gasteiger partial charge in [0.2, 0.25) is 0 Å². The van der Waals surface area contributed by atoms with E-state index in [0.29, 0.717) is 6.54 Å². The highest BCUT2D eigenvalue weighted by Crippen LogP contribution is 2.27. The second-order valence-electron chi connectivity index (χ2n) is 2.83. The Morgan fingerprint density at radius 2 is 2.25 bits per heavy atom. The summed E-state index contributed by atoms with van der Waals surface area (Å²) in [6, 6.07) is 2.15. The quantitative estimate of drug-likeness (QED) is 0.782. The van der Waals surface area contributed by atoms with Crippen molar-refractivity contribution in [1.82, 2.24) is 0 Å². The lowest BCUT2D eigenvalue weighted by Gasteiger charge is -2.11. The molecule has 1 heterocycles. The Morgan fingerprint density at radius 3 is 2.58 bits per heavy atom. The predicted octanol–water partition coefficient (Wildman–Crippen LogP) is 2.01. The van der Waals surface area contributed by atoms with Gasteiger partial charge in [-0.05, 0) is 25.5 Å². The zero-order valence-electron chi connectivity index (χ0n) is 7.76. The van der Waals surface area contributed by atoms with Crippen LogP contribution in [0.1, 0.15) is 21.4 Å². The summed E-state index contributed by atoms with van der Waals surface area (Å²) in [5.41, 5.74) is 6.81. The van der Waals surface area contributed by atoms with E-state index in [1.807, 2.05) is 0 Å². The maximum absolute atomic E-state index is 5.57. The number of rotatable bonds is 3. The first-order valence-corrected chi connectivity index (χ1v) is 4.80. The molecule has 0 bridgehead atoms. The van der Waals surface area contributed by atoms with E-state index in [1.54, 1.807) is 18.4 Å². The van der Waals surface area contributed by atoms with E-state index in [0.717, 1.165) is 0 Å². The maximum Gasteiger partial charge on any atom is 0.0953 e. The number of aryl methyl sites for hydroxylation is 2. The van der Waals surface area contributed by atoms with Crippen molar-refractivity contribution in [3.8, 4) is 0 Å². The highest BCUT2D eigenvalue weighted by molar-refractivity contribution is 7.12. The van der Waals surface area contributed by atoms with E-state index < -0.39 is 0 Å². The molecule has 68 valence electrons. The first-order chi connectivity index (χ1) is 5.69. The first kappa shape index (κ1) is 9.71. The van der Waals surface area contributed by atoms with Crippen LogP contribution in [0, 0.1) is 13.8 Å². The molecule has 0 radical (unpaired) electrons. The third-order valence-electron chi connectivity index (χ3n) is 1.92. The molecule has 0 aliphatic heterocycles. The van der Waals surface area contributed by atoms with E-state index in [9.17, 15) is 0 Å². The van der Waals surface area contributed by atoms with E-state index in [-0.39, 0.29) is 6.10 Å². The van der Waals surface area contributed by atoms with Crippen molar-refractivity contribution in [1.29, 1.82) is 0 Å². The summed E-state index contributed by atoms with van der Waals surface area (Å²) in [5, 5.41) is 0. The Labute approximate surface area is 77.3 Å². The number of thiophene rings is 1. The van der Waals surface area contributed by atoms with Gasteiger partial charge in [0.1, 0.15) is 0 Å². The van der Waals surface area contributed by atoms with E-state index in [4.69, 9.17) is 10.5 Å². The molecule has 1 aromatic rings. The van der Waals surface area contributed by atoms with E-state index in [2.05, 4.69) is 19.9 Å². The Hall–Kier alpha value is -0.380. The standard InChI is InChI=1S/C9H15NOS/c1-6-4-8(7(2)12-6)9(5-10)11-3/h4,9H,5,10H2,1-3H3. The lowest BCUT2D eigenvalue weighted by Crippen LogP contribution is -2.14. The Kier molecular flexibility index (Phi) is 3.26. The minimum atomic E-state index is 0.0648. The topological polar surface area (TPSA) is 35.2 Å². The number of ether oxygens (including phenoxy) is 1. The van der Waals surface area contributed by atoms with Crippen molar-refractivity contribution in [2.24, 2.45) is 5.73 Å². The Morgan fingerprint density at radius 1 is 1.58 bits per heavy atom. The van der Waals surface area contributed by atoms with Gasteiger partial charge in [0.25, 0.3) is 0 Å². The third-order valence-corrected chi connectivity index (χ3v) is 2.91. The monoisotopic (exact) mass is 185 g/mol. The van der Waals surface area contributed by atoms with Crippen LogP contribution in [0.15, 0.2) is 6.07 Å². The Balaban J connectivity index is 2.91. The molecule has 0 saturated heterocycles. The van der Waals surface area contributed by atoms with Crippen molar-refractivity contribution >= 4 is 11.3 Å². The van der Waals surface area contributed by atoms with Gasteiger partial charge in [-0.3, -0.25) is 0 Å².